The van der Waals surface area contributed by atoms with E-state index in [4.69, 9.17) is 10.2 Å². The number of nitrogens with zero attached hydrogens (tertiary/aromatic N) is 4. The summed E-state index contributed by atoms with van der Waals surface area (Å²) in [5, 5.41) is 38.9. The zero-order valence-electron chi connectivity index (χ0n) is 22.5. The summed E-state index contributed by atoms with van der Waals surface area (Å²) in [5.41, 5.74) is 4.08. The van der Waals surface area contributed by atoms with E-state index in [1.165, 1.54) is 24.3 Å². The van der Waals surface area contributed by atoms with E-state index < -0.39 is 11.9 Å². The van der Waals surface area contributed by atoms with Gasteiger partial charge in [-0.1, -0.05) is 72.9 Å². The molecule has 0 spiro atoms. The Labute approximate surface area is 278 Å². The molecule has 0 radical (unpaired) electrons. The van der Waals surface area contributed by atoms with Crippen molar-refractivity contribution in [1.29, 1.82) is 0 Å². The van der Waals surface area contributed by atoms with Crippen LogP contribution in [0.15, 0.2) is 97.6 Å². The molecule has 8 nitrogen and oxygen atoms in total. The number of benzene rings is 3. The molecular formula is C32H22Cl2Co2N4O4. The van der Waals surface area contributed by atoms with Crippen LogP contribution in [-0.2, 0) is 29.7 Å². The molecule has 0 aromatic heterocycles. The van der Waals surface area contributed by atoms with E-state index in [2.05, 4.69) is 120 Å². The molecule has 3 aromatic rings. The topological polar surface area (TPSA) is 131 Å². The number of carboxylic acid groups (broad SMARTS) is 2. The predicted octanol–water partition coefficient (Wildman–Crippen LogP) is 7.08. The molecule has 226 valence electrons. The Balaban J connectivity index is 0.000000171. The van der Waals surface area contributed by atoms with Crippen molar-refractivity contribution < 1.29 is 49.5 Å². The van der Waals surface area contributed by atoms with Crippen LogP contribution < -0.4 is 20.9 Å². The molecule has 0 bridgehead atoms. The van der Waals surface area contributed by atoms with Crippen molar-refractivity contribution in [2.45, 2.75) is 0 Å². The molecule has 4 heterocycles. The van der Waals surface area contributed by atoms with Crippen LogP contribution in [0.5, 0.6) is 0 Å². The summed E-state index contributed by atoms with van der Waals surface area (Å²) in [6, 6.07) is 13.3. The fourth-order valence-corrected chi connectivity index (χ4v) is 4.11. The Morgan fingerprint density at radius 3 is 0.886 bits per heavy atom. The average molecular weight is 715 g/mol. The number of carbonyl (C=O) groups is 2. The zero-order valence-corrected chi connectivity index (χ0v) is 26.1. The molecule has 0 amide bonds. The van der Waals surface area contributed by atoms with Crippen LogP contribution >= 0.6 is 20.3 Å². The Bertz CT molecular complexity index is 1640. The van der Waals surface area contributed by atoms with Gasteiger partial charge in [-0.3, -0.25) is 0 Å². The van der Waals surface area contributed by atoms with Crippen LogP contribution in [-0.4, -0.2) is 22.2 Å². The molecule has 2 N–H and O–H groups in total. The Hall–Kier alpha value is -4.17. The Morgan fingerprint density at radius 2 is 0.682 bits per heavy atom. The third kappa shape index (κ3) is 8.93. The van der Waals surface area contributed by atoms with Gasteiger partial charge in [-0.2, -0.15) is 24.8 Å². The SMILES string of the molecule is C1=C[N-]c2c3c(ccc2=C1)=CC=C[N-]3.C1=C[N-]c2c3c(ccc2=C1)=CC=C[N-]3.O=C(O)c1ccc(C(=O)O)cc1.[Cl][Co+2].[Cl][Co+2]. The molecule has 12 heteroatoms. The molecule has 0 fully saturated rings. The minimum absolute atomic E-state index is 0.0833. The second-order valence-corrected chi connectivity index (χ2v) is 8.62. The van der Waals surface area contributed by atoms with Gasteiger partial charge in [-0.05, 0) is 45.1 Å². The zero-order chi connectivity index (χ0) is 31.9. The molecule has 4 aliphatic rings. The van der Waals surface area contributed by atoms with Crippen molar-refractivity contribution in [2.75, 3.05) is 0 Å². The third-order valence-electron chi connectivity index (χ3n) is 6.07. The number of hydrogen-bond acceptors (Lipinski definition) is 2. The molecule has 0 aliphatic carbocycles. The first-order valence-corrected chi connectivity index (χ1v) is 15.4. The molecule has 0 saturated heterocycles. The van der Waals surface area contributed by atoms with Crippen molar-refractivity contribution in [2.24, 2.45) is 0 Å². The van der Waals surface area contributed by atoms with Crippen molar-refractivity contribution in [3.05, 3.63) is 151 Å². The monoisotopic (exact) mass is 714 g/mol. The maximum atomic E-state index is 10.3. The second kappa shape index (κ2) is 17.8. The first-order chi connectivity index (χ1) is 21.5. The number of hydrogen-bond donors (Lipinski definition) is 2. The summed E-state index contributed by atoms with van der Waals surface area (Å²) in [5.74, 6) is -2.13. The normalized spacial score (nSPS) is 12.6. The summed E-state index contributed by atoms with van der Waals surface area (Å²) in [6.45, 7) is 0. The first kappa shape index (κ1) is 34.3. The number of allylic oxidation sites excluding steroid dienone is 4. The molecule has 3 aromatic carbocycles. The third-order valence-corrected chi connectivity index (χ3v) is 6.07. The minimum atomic E-state index is -1.06. The van der Waals surface area contributed by atoms with E-state index in [-0.39, 0.29) is 11.1 Å². The van der Waals surface area contributed by atoms with Crippen molar-refractivity contribution in [3.63, 3.8) is 0 Å². The van der Waals surface area contributed by atoms with E-state index >= 15 is 0 Å². The van der Waals surface area contributed by atoms with E-state index in [9.17, 15) is 9.59 Å². The number of rotatable bonds is 2. The molecular weight excluding hydrogens is 693 g/mol. The van der Waals surface area contributed by atoms with E-state index in [1.807, 2.05) is 24.3 Å². The van der Waals surface area contributed by atoms with Gasteiger partial charge in [0.1, 0.15) is 0 Å². The van der Waals surface area contributed by atoms with Gasteiger partial charge in [-0.15, -0.1) is 22.7 Å². The van der Waals surface area contributed by atoms with Gasteiger partial charge >= 0.3 is 61.9 Å². The fraction of sp³-hybridized carbons (Fsp3) is 0. The summed E-state index contributed by atoms with van der Waals surface area (Å²) >= 11 is 6.07. The van der Waals surface area contributed by atoms with Gasteiger partial charge < -0.3 is 31.5 Å². The van der Waals surface area contributed by atoms with E-state index in [0.29, 0.717) is 0 Å². The van der Waals surface area contributed by atoms with Crippen LogP contribution in [0.2, 0.25) is 0 Å². The molecule has 0 atom stereocenters. The second-order valence-electron chi connectivity index (χ2n) is 8.62. The fourth-order valence-electron chi connectivity index (χ4n) is 4.11. The average Bonchev–Trinajstić information content (AvgIpc) is 3.10. The van der Waals surface area contributed by atoms with E-state index in [0.717, 1.165) is 43.6 Å². The van der Waals surface area contributed by atoms with Gasteiger partial charge in [-0.25, -0.2) is 9.59 Å². The molecule has 0 unspecified atom stereocenters. The number of carboxylic acids is 2. The van der Waals surface area contributed by atoms with E-state index in [1.54, 1.807) is 24.8 Å². The number of aromatic carboxylic acids is 2. The van der Waals surface area contributed by atoms with Crippen molar-refractivity contribution >= 4 is 79.3 Å². The first-order valence-electron chi connectivity index (χ1n) is 12.5. The summed E-state index contributed by atoms with van der Waals surface area (Å²) in [6.07, 6.45) is 23.2. The number of halogens is 2. The van der Waals surface area contributed by atoms with Crippen LogP contribution in [0.4, 0.5) is 22.7 Å². The predicted molar refractivity (Wildman–Crippen MR) is 170 cm³/mol. The van der Waals surface area contributed by atoms with Gasteiger partial charge in [0.15, 0.2) is 0 Å². The van der Waals surface area contributed by atoms with Crippen LogP contribution in [0, 0.1) is 0 Å². The molecule has 7 rings (SSSR count). The number of fused-ring (bicyclic) bond motifs is 6. The maximum absolute atomic E-state index is 10.3. The Kier molecular flexibility index (Phi) is 13.9. The summed E-state index contributed by atoms with van der Waals surface area (Å²) < 4.78 is 0. The summed E-state index contributed by atoms with van der Waals surface area (Å²) in [4.78, 5) is 20.7. The van der Waals surface area contributed by atoms with Crippen molar-refractivity contribution in [3.8, 4) is 0 Å². The molecule has 4 aliphatic heterocycles. The van der Waals surface area contributed by atoms with Gasteiger partial charge in [0.2, 0.25) is 0 Å². The summed E-state index contributed by atoms with van der Waals surface area (Å²) in [7, 11) is 8.65. The molecule has 0 saturated carbocycles. The van der Waals surface area contributed by atoms with Crippen LogP contribution in [0.25, 0.3) is 45.6 Å². The molecule has 44 heavy (non-hydrogen) atoms. The van der Waals surface area contributed by atoms with Crippen LogP contribution in [0.3, 0.4) is 0 Å². The van der Waals surface area contributed by atoms with Gasteiger partial charge in [0.05, 0.1) is 11.1 Å². The quantitative estimate of drug-likeness (QED) is 0.294. The van der Waals surface area contributed by atoms with Crippen molar-refractivity contribution in [1.82, 2.24) is 0 Å². The standard InChI is InChI=1S/2C12H8N2.C8H6O4.2ClH.2Co/c2*1-3-9-5-6-10-4-2-8-14-12(10)11(9)13-7-1;9-7(10)5-1-2-6(4-3-5)8(11)12;;;;/h2*1-8H;1-4H,(H,9,10)(H,11,12);2*1H;;/q2*-2;;;;2*+3/p-2. The van der Waals surface area contributed by atoms with Gasteiger partial charge in [0, 0.05) is 0 Å². The van der Waals surface area contributed by atoms with Crippen LogP contribution in [0.1, 0.15) is 20.7 Å². The van der Waals surface area contributed by atoms with Gasteiger partial charge in [0.25, 0.3) is 0 Å². The Morgan fingerprint density at radius 1 is 0.455 bits per heavy atom.